The van der Waals surface area contributed by atoms with E-state index in [-0.39, 0.29) is 10.8 Å². The number of fused-ring (bicyclic) bond motifs is 12. The fourth-order valence-electron chi connectivity index (χ4n) is 14.0. The zero-order valence-corrected chi connectivity index (χ0v) is 31.0. The first-order valence-corrected chi connectivity index (χ1v) is 20.3. The van der Waals surface area contributed by atoms with Crippen molar-refractivity contribution in [2.45, 2.75) is 123 Å². The van der Waals surface area contributed by atoms with Crippen LogP contribution in [0.15, 0.2) is 60.7 Å². The molecule has 2 atom stereocenters. The fourth-order valence-corrected chi connectivity index (χ4v) is 14.0. The first-order valence-electron chi connectivity index (χ1n) is 20.3. The molecule has 0 saturated heterocycles. The van der Waals surface area contributed by atoms with E-state index in [2.05, 4.69) is 102 Å². The third-order valence-electron chi connectivity index (χ3n) is 15.3. The van der Waals surface area contributed by atoms with Crippen molar-refractivity contribution in [3.05, 3.63) is 105 Å². The zero-order valence-electron chi connectivity index (χ0n) is 31.0. The van der Waals surface area contributed by atoms with Gasteiger partial charge < -0.3 is 0 Å². The standard InChI is InChI=1S/C49H56/c1-28(2)41-43(31-15-9-7-10-16-31)49(44(41)32-17-11-8-12-18-32)40-24-23-36-39-27-33-19-13-14-20-35(33)45(39)48(5,6)47(36)42(40)37-22-21-34-30(4)25-29(3)26-38(34)46(37)49/h13-14,19-26,28,31-32,41,43-44H,7-12,15-18,27H2,1-6H3. The Morgan fingerprint density at radius 2 is 1.31 bits per heavy atom. The van der Waals surface area contributed by atoms with Gasteiger partial charge in [-0.3, -0.25) is 0 Å². The number of hydrogen-bond donors (Lipinski definition) is 0. The molecule has 2 unspecified atom stereocenters. The fraction of sp³-hybridized carbons (Fsp3) is 0.510. The lowest BCUT2D eigenvalue weighted by Crippen LogP contribution is -2.66. The number of rotatable bonds is 3. The van der Waals surface area contributed by atoms with E-state index in [4.69, 9.17) is 0 Å². The Bertz CT molecular complexity index is 2030. The van der Waals surface area contributed by atoms with Crippen LogP contribution in [-0.2, 0) is 17.3 Å². The normalized spacial score (nSPS) is 28.5. The van der Waals surface area contributed by atoms with Crippen molar-refractivity contribution in [2.75, 3.05) is 0 Å². The van der Waals surface area contributed by atoms with E-state index in [9.17, 15) is 0 Å². The van der Waals surface area contributed by atoms with Crippen molar-refractivity contribution in [2.24, 2.45) is 35.5 Å². The Hall–Kier alpha value is -3.12. The Morgan fingerprint density at radius 3 is 1.98 bits per heavy atom. The molecule has 1 spiro atoms. The van der Waals surface area contributed by atoms with E-state index < -0.39 is 0 Å². The summed E-state index contributed by atoms with van der Waals surface area (Å²) in [5, 5.41) is 3.09. The second-order valence-corrected chi connectivity index (χ2v) is 18.4. The molecular weight excluding hydrogens is 589 g/mol. The van der Waals surface area contributed by atoms with Crippen LogP contribution < -0.4 is 0 Å². The molecule has 4 aromatic rings. The van der Waals surface area contributed by atoms with Crippen LogP contribution in [0.3, 0.4) is 0 Å². The molecule has 0 amide bonds. The minimum Gasteiger partial charge on any atom is -0.0625 e. The number of aryl methyl sites for hydroxylation is 2. The summed E-state index contributed by atoms with van der Waals surface area (Å²) in [5.41, 5.74) is 19.2. The van der Waals surface area contributed by atoms with Gasteiger partial charge in [0.05, 0.1) is 0 Å². The van der Waals surface area contributed by atoms with E-state index in [1.165, 1.54) is 91.8 Å². The Labute approximate surface area is 295 Å². The molecule has 6 aliphatic carbocycles. The Kier molecular flexibility index (Phi) is 6.70. The maximum atomic E-state index is 2.74. The molecule has 252 valence electrons. The van der Waals surface area contributed by atoms with Gasteiger partial charge in [0.25, 0.3) is 0 Å². The summed E-state index contributed by atoms with van der Waals surface area (Å²) in [6, 6.07) is 24.9. The van der Waals surface area contributed by atoms with Gasteiger partial charge in [0.2, 0.25) is 0 Å². The molecule has 6 aliphatic rings. The first-order chi connectivity index (χ1) is 23.7. The summed E-state index contributed by atoms with van der Waals surface area (Å²) in [5.74, 6) is 4.66. The van der Waals surface area contributed by atoms with Crippen molar-refractivity contribution in [1.29, 1.82) is 0 Å². The van der Waals surface area contributed by atoms with Gasteiger partial charge in [-0.2, -0.15) is 0 Å². The minimum atomic E-state index is -0.0231. The molecule has 3 fully saturated rings. The molecule has 0 aliphatic heterocycles. The average molecular weight is 645 g/mol. The monoisotopic (exact) mass is 644 g/mol. The highest BCUT2D eigenvalue weighted by molar-refractivity contribution is 6.10. The van der Waals surface area contributed by atoms with Crippen LogP contribution in [0.4, 0.5) is 0 Å². The molecule has 0 nitrogen and oxygen atoms in total. The van der Waals surface area contributed by atoms with Crippen LogP contribution in [0.2, 0.25) is 0 Å². The maximum Gasteiger partial charge on any atom is 0.0288 e. The third kappa shape index (κ3) is 3.88. The topological polar surface area (TPSA) is 0 Å². The second-order valence-electron chi connectivity index (χ2n) is 18.4. The Morgan fingerprint density at radius 1 is 0.653 bits per heavy atom. The summed E-state index contributed by atoms with van der Waals surface area (Å²) in [6.45, 7) is 15.1. The molecule has 49 heavy (non-hydrogen) atoms. The third-order valence-corrected chi connectivity index (χ3v) is 15.3. The lowest BCUT2D eigenvalue weighted by molar-refractivity contribution is -0.130. The van der Waals surface area contributed by atoms with E-state index in [0.29, 0.717) is 0 Å². The zero-order chi connectivity index (χ0) is 33.4. The summed E-state index contributed by atoms with van der Waals surface area (Å²) in [4.78, 5) is 0. The highest BCUT2D eigenvalue weighted by Crippen LogP contribution is 2.76. The molecule has 3 saturated carbocycles. The molecular formula is C49H56. The molecule has 4 aromatic carbocycles. The van der Waals surface area contributed by atoms with Crippen LogP contribution in [0.1, 0.15) is 136 Å². The lowest BCUT2D eigenvalue weighted by Gasteiger charge is -2.68. The molecule has 0 bridgehead atoms. The Balaban J connectivity index is 1.31. The predicted molar refractivity (Wildman–Crippen MR) is 208 cm³/mol. The quantitative estimate of drug-likeness (QED) is 0.208. The molecule has 0 aromatic heterocycles. The number of hydrogen-bond acceptors (Lipinski definition) is 0. The maximum absolute atomic E-state index is 2.74. The van der Waals surface area contributed by atoms with Gasteiger partial charge >= 0.3 is 0 Å². The van der Waals surface area contributed by atoms with E-state index in [1.807, 2.05) is 0 Å². The van der Waals surface area contributed by atoms with Gasteiger partial charge in [-0.15, -0.1) is 0 Å². The summed E-state index contributed by atoms with van der Waals surface area (Å²) in [6.07, 6.45) is 15.4. The van der Waals surface area contributed by atoms with Gasteiger partial charge in [-0.25, -0.2) is 0 Å². The summed E-state index contributed by atoms with van der Waals surface area (Å²) < 4.78 is 0. The van der Waals surface area contributed by atoms with Crippen LogP contribution in [0.5, 0.6) is 0 Å². The van der Waals surface area contributed by atoms with E-state index in [0.717, 1.165) is 41.9 Å². The second kappa shape index (κ2) is 10.7. The number of allylic oxidation sites excluding steroid dienone is 2. The van der Waals surface area contributed by atoms with Crippen molar-refractivity contribution in [1.82, 2.24) is 0 Å². The lowest BCUT2D eigenvalue weighted by atomic mass is 9.35. The molecule has 0 heteroatoms. The van der Waals surface area contributed by atoms with E-state index >= 15 is 0 Å². The van der Waals surface area contributed by atoms with Gasteiger partial charge in [0.15, 0.2) is 0 Å². The van der Waals surface area contributed by atoms with Crippen molar-refractivity contribution < 1.29 is 0 Å². The van der Waals surface area contributed by atoms with Crippen molar-refractivity contribution in [3.8, 4) is 11.1 Å². The van der Waals surface area contributed by atoms with Crippen LogP contribution >= 0.6 is 0 Å². The largest absolute Gasteiger partial charge is 0.0625 e. The van der Waals surface area contributed by atoms with Crippen LogP contribution in [-0.4, -0.2) is 0 Å². The molecule has 0 N–H and O–H groups in total. The van der Waals surface area contributed by atoms with Crippen molar-refractivity contribution in [3.63, 3.8) is 0 Å². The SMILES string of the molecule is Cc1cc(C)c2ccc3c(c2c1)C1(c2ccc4c(c2-3)C(C)(C)C2=C4Cc3ccccc32)C(C2CCCCC2)C(C(C)C)C1C1CCCCC1. The van der Waals surface area contributed by atoms with Crippen LogP contribution in [0.25, 0.3) is 33.0 Å². The number of benzene rings is 4. The predicted octanol–water partition coefficient (Wildman–Crippen LogP) is 13.2. The van der Waals surface area contributed by atoms with Crippen molar-refractivity contribution >= 4 is 21.9 Å². The van der Waals surface area contributed by atoms with E-state index in [1.54, 1.807) is 49.9 Å². The van der Waals surface area contributed by atoms with Gasteiger partial charge in [-0.05, 0) is 128 Å². The summed E-state index contributed by atoms with van der Waals surface area (Å²) in [7, 11) is 0. The molecule has 10 rings (SSSR count). The summed E-state index contributed by atoms with van der Waals surface area (Å²) >= 11 is 0. The smallest absolute Gasteiger partial charge is 0.0288 e. The minimum absolute atomic E-state index is 0.0231. The van der Waals surface area contributed by atoms with Gasteiger partial charge in [0, 0.05) is 10.8 Å². The average Bonchev–Trinajstić information content (AvgIpc) is 3.70. The molecule has 0 radical (unpaired) electrons. The van der Waals surface area contributed by atoms with Gasteiger partial charge in [-0.1, -0.05) is 158 Å². The van der Waals surface area contributed by atoms with Crippen LogP contribution in [0, 0.1) is 49.4 Å². The highest BCUT2D eigenvalue weighted by Gasteiger charge is 2.70. The molecule has 0 heterocycles. The van der Waals surface area contributed by atoms with Gasteiger partial charge in [0.1, 0.15) is 0 Å². The highest BCUT2D eigenvalue weighted by atomic mass is 14.7. The first kappa shape index (κ1) is 30.7.